The van der Waals surface area contributed by atoms with Crippen LogP contribution in [0.15, 0.2) is 35.8 Å². The molecule has 0 aliphatic carbocycles. The van der Waals surface area contributed by atoms with Crippen LogP contribution in [0.2, 0.25) is 0 Å². The highest BCUT2D eigenvalue weighted by Crippen LogP contribution is 2.28. The lowest BCUT2D eigenvalue weighted by atomic mass is 10.00. The molecule has 3 rings (SSSR count). The number of fused-ring (bicyclic) bond motifs is 1. The van der Waals surface area contributed by atoms with Crippen LogP contribution >= 0.6 is 11.3 Å². The molecule has 1 unspecified atom stereocenters. The Bertz CT molecular complexity index is 597. The van der Waals surface area contributed by atoms with Crippen LogP contribution in [-0.4, -0.2) is 23.5 Å². The van der Waals surface area contributed by atoms with E-state index in [-0.39, 0.29) is 11.9 Å². The molecule has 2 heterocycles. The molecule has 1 atom stereocenters. The van der Waals surface area contributed by atoms with E-state index in [1.54, 1.807) is 6.20 Å². The Balaban J connectivity index is 1.77. The zero-order chi connectivity index (χ0) is 13.9. The Hall–Kier alpha value is -1.88. The smallest absolute Gasteiger partial charge is 0.248 e. The summed E-state index contributed by atoms with van der Waals surface area (Å²) in [5.74, 6) is -0.00310. The first kappa shape index (κ1) is 13.1. The van der Waals surface area contributed by atoms with Crippen LogP contribution in [0.25, 0.3) is 0 Å². The van der Waals surface area contributed by atoms with Gasteiger partial charge in [0.2, 0.25) is 5.91 Å². The fourth-order valence-corrected chi connectivity index (χ4v) is 3.13. The van der Waals surface area contributed by atoms with Gasteiger partial charge in [-0.05, 0) is 31.4 Å². The molecule has 0 fully saturated rings. The lowest BCUT2D eigenvalue weighted by Gasteiger charge is -2.35. The monoisotopic (exact) mass is 287 g/mol. The van der Waals surface area contributed by atoms with Crippen molar-refractivity contribution in [1.29, 1.82) is 0 Å². The highest BCUT2D eigenvalue weighted by Gasteiger charge is 2.26. The molecule has 0 bridgehead atoms. The van der Waals surface area contributed by atoms with Crippen LogP contribution in [0.4, 0.5) is 10.8 Å². The van der Waals surface area contributed by atoms with E-state index in [4.69, 9.17) is 0 Å². The number of aromatic nitrogens is 1. The molecule has 4 nitrogen and oxygen atoms in total. The number of nitrogens with zero attached hydrogens (tertiary/aromatic N) is 2. The van der Waals surface area contributed by atoms with Crippen LogP contribution < -0.4 is 10.2 Å². The summed E-state index contributed by atoms with van der Waals surface area (Å²) in [7, 11) is 0. The number of amides is 1. The highest BCUT2D eigenvalue weighted by molar-refractivity contribution is 7.13. The van der Waals surface area contributed by atoms with E-state index in [1.807, 2.05) is 18.4 Å². The summed E-state index contributed by atoms with van der Waals surface area (Å²) in [6, 6.07) is 8.14. The number of rotatable bonds is 3. The molecule has 0 saturated heterocycles. The van der Waals surface area contributed by atoms with Gasteiger partial charge in [-0.15, -0.1) is 11.3 Å². The zero-order valence-electron chi connectivity index (χ0n) is 11.4. The van der Waals surface area contributed by atoms with Gasteiger partial charge in [0.25, 0.3) is 0 Å². The van der Waals surface area contributed by atoms with Crippen LogP contribution in [0, 0.1) is 0 Å². The van der Waals surface area contributed by atoms with Gasteiger partial charge in [0.05, 0.1) is 0 Å². The standard InChI is InChI=1S/C15H17N3OS/c1-11(14(19)17-15-16-8-10-20-15)18-9-4-6-12-5-2-3-7-13(12)18/h2-3,5,7-8,10-11H,4,6,9H2,1H3,(H,16,17,19). The molecule has 5 heteroatoms. The number of carbonyl (C=O) groups excluding carboxylic acids is 1. The van der Waals surface area contributed by atoms with Crippen molar-refractivity contribution < 1.29 is 4.79 Å². The normalized spacial score (nSPS) is 15.6. The molecule has 1 aromatic heterocycles. The molecular weight excluding hydrogens is 270 g/mol. The summed E-state index contributed by atoms with van der Waals surface area (Å²) in [5, 5.41) is 5.39. The van der Waals surface area contributed by atoms with Crippen LogP contribution in [-0.2, 0) is 11.2 Å². The maximum Gasteiger partial charge on any atom is 0.248 e. The fourth-order valence-electron chi connectivity index (χ4n) is 2.60. The molecule has 1 amide bonds. The lowest BCUT2D eigenvalue weighted by Crippen LogP contribution is -2.44. The Kier molecular flexibility index (Phi) is 3.69. The van der Waals surface area contributed by atoms with Gasteiger partial charge in [-0.2, -0.15) is 0 Å². The topological polar surface area (TPSA) is 45.2 Å². The van der Waals surface area contributed by atoms with Gasteiger partial charge in [0, 0.05) is 23.8 Å². The predicted molar refractivity (Wildman–Crippen MR) is 82.3 cm³/mol. The third-order valence-corrected chi connectivity index (χ3v) is 4.34. The summed E-state index contributed by atoms with van der Waals surface area (Å²) < 4.78 is 0. The first-order chi connectivity index (χ1) is 9.75. The quantitative estimate of drug-likeness (QED) is 0.944. The largest absolute Gasteiger partial charge is 0.360 e. The number of thiazole rings is 1. The molecule has 20 heavy (non-hydrogen) atoms. The van der Waals surface area contributed by atoms with Crippen molar-refractivity contribution in [3.8, 4) is 0 Å². The SMILES string of the molecule is CC(C(=O)Nc1nccs1)N1CCCc2ccccc21. The molecular formula is C15H17N3OS. The van der Waals surface area contributed by atoms with Gasteiger partial charge in [-0.1, -0.05) is 18.2 Å². The fraction of sp³-hybridized carbons (Fsp3) is 0.333. The number of aryl methyl sites for hydroxylation is 1. The number of carbonyl (C=O) groups is 1. The molecule has 104 valence electrons. The van der Waals surface area contributed by atoms with Gasteiger partial charge < -0.3 is 10.2 Å². The first-order valence-electron chi connectivity index (χ1n) is 6.80. The molecule has 0 spiro atoms. The highest BCUT2D eigenvalue weighted by atomic mass is 32.1. The Labute approximate surface area is 122 Å². The maximum absolute atomic E-state index is 12.3. The lowest BCUT2D eigenvalue weighted by molar-refractivity contribution is -0.117. The van der Waals surface area contributed by atoms with E-state index in [2.05, 4.69) is 33.4 Å². The molecule has 1 aliphatic rings. The van der Waals surface area contributed by atoms with Crippen LogP contribution in [0.1, 0.15) is 18.9 Å². The predicted octanol–water partition coefficient (Wildman–Crippen LogP) is 2.92. The Morgan fingerprint density at radius 2 is 2.30 bits per heavy atom. The number of nitrogens with one attached hydrogen (secondary N) is 1. The van der Waals surface area contributed by atoms with Crippen molar-refractivity contribution in [2.75, 3.05) is 16.8 Å². The first-order valence-corrected chi connectivity index (χ1v) is 7.68. The number of hydrogen-bond donors (Lipinski definition) is 1. The average Bonchev–Trinajstić information content (AvgIpc) is 2.99. The van der Waals surface area contributed by atoms with Gasteiger partial charge in [-0.3, -0.25) is 4.79 Å². The van der Waals surface area contributed by atoms with E-state index in [0.29, 0.717) is 5.13 Å². The van der Waals surface area contributed by atoms with Crippen LogP contribution in [0.5, 0.6) is 0 Å². The summed E-state index contributed by atoms with van der Waals surface area (Å²) in [5.41, 5.74) is 2.51. The molecule has 1 aromatic carbocycles. The number of hydrogen-bond acceptors (Lipinski definition) is 4. The van der Waals surface area contributed by atoms with Crippen LogP contribution in [0.3, 0.4) is 0 Å². The van der Waals surface area contributed by atoms with E-state index < -0.39 is 0 Å². The van der Waals surface area contributed by atoms with Crippen molar-refractivity contribution in [2.45, 2.75) is 25.8 Å². The van der Waals surface area contributed by atoms with E-state index in [9.17, 15) is 4.79 Å². The summed E-state index contributed by atoms with van der Waals surface area (Å²) >= 11 is 1.44. The third-order valence-electron chi connectivity index (χ3n) is 3.66. The van der Waals surface area contributed by atoms with Crippen molar-refractivity contribution in [1.82, 2.24) is 4.98 Å². The molecule has 0 radical (unpaired) electrons. The number of para-hydroxylation sites is 1. The van der Waals surface area contributed by atoms with Crippen molar-refractivity contribution in [3.05, 3.63) is 41.4 Å². The molecule has 1 aliphatic heterocycles. The van der Waals surface area contributed by atoms with E-state index in [1.165, 1.54) is 22.6 Å². The van der Waals surface area contributed by atoms with Gasteiger partial charge in [0.1, 0.15) is 6.04 Å². The number of benzene rings is 1. The van der Waals surface area contributed by atoms with Crippen molar-refractivity contribution in [3.63, 3.8) is 0 Å². The van der Waals surface area contributed by atoms with E-state index >= 15 is 0 Å². The minimum atomic E-state index is -0.194. The molecule has 0 saturated carbocycles. The van der Waals surface area contributed by atoms with Gasteiger partial charge in [0.15, 0.2) is 5.13 Å². The summed E-state index contributed by atoms with van der Waals surface area (Å²) in [6.07, 6.45) is 3.88. The van der Waals surface area contributed by atoms with Crippen molar-refractivity contribution >= 4 is 28.1 Å². The second kappa shape index (κ2) is 5.63. The van der Waals surface area contributed by atoms with Crippen molar-refractivity contribution in [2.24, 2.45) is 0 Å². The minimum absolute atomic E-state index is 0.00310. The van der Waals surface area contributed by atoms with Gasteiger partial charge in [-0.25, -0.2) is 4.98 Å². The maximum atomic E-state index is 12.3. The summed E-state index contributed by atoms with van der Waals surface area (Å²) in [4.78, 5) is 18.6. The zero-order valence-corrected chi connectivity index (χ0v) is 12.2. The summed E-state index contributed by atoms with van der Waals surface area (Å²) in [6.45, 7) is 2.87. The minimum Gasteiger partial charge on any atom is -0.360 e. The second-order valence-corrected chi connectivity index (χ2v) is 5.82. The molecule has 2 aromatic rings. The Morgan fingerprint density at radius 3 is 3.10 bits per heavy atom. The third kappa shape index (κ3) is 2.54. The van der Waals surface area contributed by atoms with E-state index in [0.717, 1.165) is 19.4 Å². The Morgan fingerprint density at radius 1 is 1.45 bits per heavy atom. The molecule has 1 N–H and O–H groups in total. The average molecular weight is 287 g/mol. The number of anilines is 2. The second-order valence-electron chi connectivity index (χ2n) is 4.93. The van der Waals surface area contributed by atoms with Gasteiger partial charge >= 0.3 is 0 Å².